The second kappa shape index (κ2) is 8.69. The average molecular weight is 427 g/mol. The lowest BCUT2D eigenvalue weighted by molar-refractivity contribution is -0.142. The van der Waals surface area contributed by atoms with Gasteiger partial charge >= 0.3 is 6.09 Å². The highest BCUT2D eigenvalue weighted by atomic mass is 32.2. The summed E-state index contributed by atoms with van der Waals surface area (Å²) in [6.07, 6.45) is 3.83. The van der Waals surface area contributed by atoms with Gasteiger partial charge in [-0.05, 0) is 52.2 Å². The number of piperidine rings is 1. The lowest BCUT2D eigenvalue weighted by Crippen LogP contribution is -2.58. The molecule has 0 aromatic carbocycles. The SMILES string of the molecule is CC(C)(C)OC(=O)N[C@H]1CCSC2CCC[C@@H](C(=O)Nc3nccs3)N2C1=O. The van der Waals surface area contributed by atoms with Crippen molar-refractivity contribution in [2.75, 3.05) is 11.1 Å². The lowest BCUT2D eigenvalue weighted by atomic mass is 9.99. The fraction of sp³-hybridized carbons (Fsp3) is 0.667. The molecule has 0 spiro atoms. The van der Waals surface area contributed by atoms with Crippen LogP contribution in [0.2, 0.25) is 0 Å². The van der Waals surface area contributed by atoms with Crippen molar-refractivity contribution in [3.63, 3.8) is 0 Å². The summed E-state index contributed by atoms with van der Waals surface area (Å²) >= 11 is 3.00. The zero-order chi connectivity index (χ0) is 20.3. The number of thiazole rings is 1. The number of hydrogen-bond acceptors (Lipinski definition) is 7. The monoisotopic (exact) mass is 426 g/mol. The van der Waals surface area contributed by atoms with Gasteiger partial charge in [0.05, 0.1) is 5.37 Å². The van der Waals surface area contributed by atoms with Gasteiger partial charge < -0.3 is 20.3 Å². The third kappa shape index (κ3) is 5.16. The smallest absolute Gasteiger partial charge is 0.408 e. The number of nitrogens with zero attached hydrogens (tertiary/aromatic N) is 2. The third-order valence-electron chi connectivity index (χ3n) is 4.50. The lowest BCUT2D eigenvalue weighted by Gasteiger charge is -2.40. The fourth-order valence-electron chi connectivity index (χ4n) is 3.36. The maximum atomic E-state index is 13.2. The summed E-state index contributed by atoms with van der Waals surface area (Å²) in [5.74, 6) is 0.278. The summed E-state index contributed by atoms with van der Waals surface area (Å²) in [6, 6.07) is -1.26. The van der Waals surface area contributed by atoms with Crippen LogP contribution in [0.15, 0.2) is 11.6 Å². The summed E-state index contributed by atoms with van der Waals surface area (Å²) < 4.78 is 5.30. The molecular formula is C18H26N4O4S2. The Labute approximate surface area is 172 Å². The number of fused-ring (bicyclic) bond motifs is 1. The number of aromatic nitrogens is 1. The molecule has 1 aromatic rings. The molecule has 0 radical (unpaired) electrons. The molecule has 1 unspecified atom stereocenters. The molecule has 0 bridgehead atoms. The predicted octanol–water partition coefficient (Wildman–Crippen LogP) is 2.82. The van der Waals surface area contributed by atoms with Crippen molar-refractivity contribution in [1.82, 2.24) is 15.2 Å². The third-order valence-corrected chi connectivity index (χ3v) is 6.51. The van der Waals surface area contributed by atoms with E-state index < -0.39 is 23.8 Å². The molecule has 1 aromatic heterocycles. The standard InChI is InChI=1S/C18H26N4O4S2/c1-18(2,3)26-17(25)20-11-7-9-27-13-6-4-5-12(22(13)15(11)24)14(23)21-16-19-8-10-28-16/h8,10-13H,4-7,9H2,1-3H3,(H,20,25)(H,19,21,23)/t11-,12-,13?/m0/s1. The Hall–Kier alpha value is -1.81. The average Bonchev–Trinajstić information content (AvgIpc) is 3.06. The first-order chi connectivity index (χ1) is 13.2. The van der Waals surface area contributed by atoms with E-state index in [2.05, 4.69) is 15.6 Å². The molecule has 2 N–H and O–H groups in total. The minimum atomic E-state index is -0.694. The maximum absolute atomic E-state index is 13.2. The summed E-state index contributed by atoms with van der Waals surface area (Å²) in [7, 11) is 0. The molecule has 0 saturated carbocycles. The molecule has 3 heterocycles. The maximum Gasteiger partial charge on any atom is 0.408 e. The quantitative estimate of drug-likeness (QED) is 0.771. The molecule has 3 rings (SSSR count). The number of hydrogen-bond donors (Lipinski definition) is 2. The van der Waals surface area contributed by atoms with Crippen LogP contribution in [0.3, 0.4) is 0 Å². The summed E-state index contributed by atoms with van der Waals surface area (Å²) in [5, 5.41) is 7.75. The van der Waals surface area contributed by atoms with Crippen LogP contribution in [0.25, 0.3) is 0 Å². The number of thioether (sulfide) groups is 1. The van der Waals surface area contributed by atoms with E-state index in [9.17, 15) is 14.4 Å². The number of alkyl carbamates (subject to hydrolysis) is 1. The van der Waals surface area contributed by atoms with Crippen LogP contribution in [0, 0.1) is 0 Å². The van der Waals surface area contributed by atoms with E-state index in [0.717, 1.165) is 18.6 Å². The molecule has 2 aliphatic rings. The number of amides is 3. The van der Waals surface area contributed by atoms with Crippen molar-refractivity contribution in [3.8, 4) is 0 Å². The Bertz CT molecular complexity index is 720. The zero-order valence-corrected chi connectivity index (χ0v) is 17.9. The number of nitrogens with one attached hydrogen (secondary N) is 2. The van der Waals surface area contributed by atoms with Crippen molar-refractivity contribution in [2.45, 2.75) is 69.5 Å². The molecule has 2 fully saturated rings. The van der Waals surface area contributed by atoms with Crippen LogP contribution in [0.5, 0.6) is 0 Å². The molecule has 28 heavy (non-hydrogen) atoms. The highest BCUT2D eigenvalue weighted by molar-refractivity contribution is 7.99. The second-order valence-corrected chi connectivity index (χ2v) is 10.0. The highest BCUT2D eigenvalue weighted by Crippen LogP contribution is 2.35. The van der Waals surface area contributed by atoms with Crippen LogP contribution < -0.4 is 10.6 Å². The molecule has 3 atom stereocenters. The van der Waals surface area contributed by atoms with Gasteiger partial charge in [-0.3, -0.25) is 9.59 Å². The summed E-state index contributed by atoms with van der Waals surface area (Å²) in [5.41, 5.74) is -0.642. The minimum Gasteiger partial charge on any atom is -0.444 e. The van der Waals surface area contributed by atoms with Gasteiger partial charge in [-0.2, -0.15) is 0 Å². The van der Waals surface area contributed by atoms with E-state index >= 15 is 0 Å². The van der Waals surface area contributed by atoms with Crippen molar-refractivity contribution >= 4 is 46.1 Å². The van der Waals surface area contributed by atoms with Gasteiger partial charge in [0.25, 0.3) is 0 Å². The highest BCUT2D eigenvalue weighted by Gasteiger charge is 2.43. The summed E-state index contributed by atoms with van der Waals surface area (Å²) in [4.78, 5) is 44.0. The van der Waals surface area contributed by atoms with Gasteiger partial charge in [0.1, 0.15) is 17.7 Å². The van der Waals surface area contributed by atoms with E-state index in [0.29, 0.717) is 18.0 Å². The van der Waals surface area contributed by atoms with Gasteiger partial charge in [-0.15, -0.1) is 23.1 Å². The van der Waals surface area contributed by atoms with Crippen LogP contribution in [0.4, 0.5) is 9.93 Å². The number of anilines is 1. The second-order valence-electron chi connectivity index (χ2n) is 7.83. The molecular weight excluding hydrogens is 400 g/mol. The molecule has 0 aliphatic carbocycles. The molecule has 2 aliphatic heterocycles. The summed E-state index contributed by atoms with van der Waals surface area (Å²) in [6.45, 7) is 5.32. The molecule has 2 saturated heterocycles. The van der Waals surface area contributed by atoms with Crippen LogP contribution >= 0.6 is 23.1 Å². The van der Waals surface area contributed by atoms with Gasteiger partial charge in [-0.1, -0.05) is 0 Å². The topological polar surface area (TPSA) is 101 Å². The van der Waals surface area contributed by atoms with E-state index in [-0.39, 0.29) is 17.2 Å². The van der Waals surface area contributed by atoms with E-state index in [4.69, 9.17) is 4.74 Å². The van der Waals surface area contributed by atoms with E-state index in [1.54, 1.807) is 49.0 Å². The van der Waals surface area contributed by atoms with Crippen molar-refractivity contribution in [1.29, 1.82) is 0 Å². The molecule has 3 amide bonds. The Kier molecular flexibility index (Phi) is 6.49. The van der Waals surface area contributed by atoms with Gasteiger partial charge in [-0.25, -0.2) is 9.78 Å². The van der Waals surface area contributed by atoms with E-state index in [1.807, 2.05) is 0 Å². The number of carbonyl (C=O) groups is 3. The zero-order valence-electron chi connectivity index (χ0n) is 16.3. The Morgan fingerprint density at radius 2 is 2.07 bits per heavy atom. The number of carbonyl (C=O) groups excluding carboxylic acids is 3. The van der Waals surface area contributed by atoms with Crippen molar-refractivity contribution < 1.29 is 19.1 Å². The molecule has 10 heteroatoms. The van der Waals surface area contributed by atoms with Crippen molar-refractivity contribution in [2.24, 2.45) is 0 Å². The first kappa shape index (κ1) is 20.9. The van der Waals surface area contributed by atoms with Gasteiger partial charge in [0.2, 0.25) is 11.8 Å². The number of rotatable bonds is 3. The molecule has 8 nitrogen and oxygen atoms in total. The van der Waals surface area contributed by atoms with Crippen LogP contribution in [-0.2, 0) is 14.3 Å². The predicted molar refractivity (Wildman–Crippen MR) is 109 cm³/mol. The van der Waals surface area contributed by atoms with Gasteiger partial charge in [0.15, 0.2) is 5.13 Å². The number of ether oxygens (including phenoxy) is 1. The van der Waals surface area contributed by atoms with Gasteiger partial charge in [0, 0.05) is 11.6 Å². The van der Waals surface area contributed by atoms with Crippen LogP contribution in [0.1, 0.15) is 46.5 Å². The fourth-order valence-corrected chi connectivity index (χ4v) is 5.28. The Balaban J connectivity index is 1.73. The Morgan fingerprint density at radius 3 is 2.75 bits per heavy atom. The van der Waals surface area contributed by atoms with E-state index in [1.165, 1.54) is 11.3 Å². The minimum absolute atomic E-state index is 0.0567. The Morgan fingerprint density at radius 1 is 1.29 bits per heavy atom. The van der Waals surface area contributed by atoms with Crippen molar-refractivity contribution in [3.05, 3.63) is 11.6 Å². The van der Waals surface area contributed by atoms with Crippen LogP contribution in [-0.4, -0.2) is 56.6 Å². The first-order valence-corrected chi connectivity index (χ1v) is 11.3. The largest absolute Gasteiger partial charge is 0.444 e. The normalized spacial score (nSPS) is 25.5. The molecule has 154 valence electrons. The first-order valence-electron chi connectivity index (χ1n) is 9.38.